The van der Waals surface area contributed by atoms with E-state index in [1.807, 2.05) is 19.9 Å². The van der Waals surface area contributed by atoms with Crippen molar-refractivity contribution in [3.8, 4) is 0 Å². The highest BCUT2D eigenvalue weighted by Crippen LogP contribution is 2.02. The van der Waals surface area contributed by atoms with Gasteiger partial charge in [-0.3, -0.25) is 4.21 Å². The number of rotatable bonds is 5. The second-order valence-corrected chi connectivity index (χ2v) is 5.36. The molecule has 0 bridgehead atoms. The molecule has 0 saturated heterocycles. The molecule has 3 nitrogen and oxygen atoms in total. The van der Waals surface area contributed by atoms with Crippen molar-refractivity contribution >= 4 is 16.8 Å². The Bertz CT molecular complexity index is 360. The summed E-state index contributed by atoms with van der Waals surface area (Å²) in [6.45, 7) is 3.97. The van der Waals surface area contributed by atoms with Crippen molar-refractivity contribution in [1.29, 1.82) is 0 Å². The lowest BCUT2D eigenvalue weighted by atomic mass is 10.2. The molecule has 88 valence electrons. The van der Waals surface area contributed by atoms with Gasteiger partial charge in [0.1, 0.15) is 0 Å². The molecule has 0 radical (unpaired) electrons. The fourth-order valence-corrected chi connectivity index (χ4v) is 2.27. The van der Waals surface area contributed by atoms with Crippen LogP contribution >= 0.6 is 0 Å². The van der Waals surface area contributed by atoms with Gasteiger partial charge in [-0.2, -0.15) is 0 Å². The second-order valence-electron chi connectivity index (χ2n) is 3.92. The van der Waals surface area contributed by atoms with E-state index >= 15 is 0 Å². The van der Waals surface area contributed by atoms with Gasteiger partial charge < -0.3 is 4.74 Å². The highest BCUT2D eigenvalue weighted by Gasteiger charge is 2.09. The van der Waals surface area contributed by atoms with Crippen molar-refractivity contribution in [2.45, 2.75) is 13.8 Å². The smallest absolute Gasteiger partial charge is 0.339 e. The van der Waals surface area contributed by atoms with Gasteiger partial charge in [0.15, 0.2) is 5.94 Å². The van der Waals surface area contributed by atoms with Gasteiger partial charge in [0.05, 0.1) is 16.4 Å². The number of carbonyl (C=O) groups is 1. The van der Waals surface area contributed by atoms with Gasteiger partial charge in [-0.25, -0.2) is 4.79 Å². The Balaban J connectivity index is 2.39. The van der Waals surface area contributed by atoms with Crippen molar-refractivity contribution in [3.63, 3.8) is 0 Å². The van der Waals surface area contributed by atoms with E-state index in [1.165, 1.54) is 0 Å². The van der Waals surface area contributed by atoms with Crippen molar-refractivity contribution in [2.24, 2.45) is 5.92 Å². The summed E-state index contributed by atoms with van der Waals surface area (Å²) in [4.78, 5) is 11.5. The molecular formula is C12H16O3S. The predicted octanol–water partition coefficient (Wildman–Crippen LogP) is 2.21. The first-order valence-corrected chi connectivity index (χ1v) is 6.65. The van der Waals surface area contributed by atoms with Crippen LogP contribution in [0, 0.1) is 5.92 Å². The van der Waals surface area contributed by atoms with Gasteiger partial charge in [-0.05, 0) is 18.1 Å². The van der Waals surface area contributed by atoms with E-state index in [0.717, 1.165) is 0 Å². The van der Waals surface area contributed by atoms with Crippen molar-refractivity contribution < 1.29 is 13.7 Å². The Kier molecular flexibility index (Phi) is 5.19. The maximum absolute atomic E-state index is 11.5. The largest absolute Gasteiger partial charge is 0.448 e. The first-order chi connectivity index (χ1) is 7.59. The molecule has 0 aliphatic carbocycles. The van der Waals surface area contributed by atoms with Gasteiger partial charge in [0.2, 0.25) is 0 Å². The zero-order valence-corrected chi connectivity index (χ0v) is 10.3. The fraction of sp³-hybridized carbons (Fsp3) is 0.417. The Morgan fingerprint density at radius 2 is 1.94 bits per heavy atom. The van der Waals surface area contributed by atoms with E-state index in [2.05, 4.69) is 0 Å². The van der Waals surface area contributed by atoms with E-state index in [0.29, 0.717) is 17.2 Å². The Morgan fingerprint density at radius 3 is 2.50 bits per heavy atom. The molecule has 1 atom stereocenters. The third-order valence-electron chi connectivity index (χ3n) is 1.85. The minimum Gasteiger partial charge on any atom is -0.448 e. The summed E-state index contributed by atoms with van der Waals surface area (Å²) in [5, 5.41) is 0. The van der Waals surface area contributed by atoms with Crippen LogP contribution in [-0.4, -0.2) is 21.9 Å². The van der Waals surface area contributed by atoms with E-state index in [-0.39, 0.29) is 5.94 Å². The van der Waals surface area contributed by atoms with E-state index in [9.17, 15) is 9.00 Å². The van der Waals surface area contributed by atoms with Crippen LogP contribution in [0.5, 0.6) is 0 Å². The molecule has 1 unspecified atom stereocenters. The van der Waals surface area contributed by atoms with Crippen molar-refractivity contribution in [1.82, 2.24) is 0 Å². The highest BCUT2D eigenvalue weighted by atomic mass is 32.2. The molecule has 0 amide bonds. The maximum atomic E-state index is 11.5. The average Bonchev–Trinajstić information content (AvgIpc) is 2.26. The fourth-order valence-electron chi connectivity index (χ4n) is 1.20. The number of hydrogen-bond donors (Lipinski definition) is 0. The molecule has 16 heavy (non-hydrogen) atoms. The van der Waals surface area contributed by atoms with Crippen molar-refractivity contribution in [3.05, 3.63) is 35.9 Å². The predicted molar refractivity (Wildman–Crippen MR) is 64.6 cm³/mol. The van der Waals surface area contributed by atoms with Crippen LogP contribution in [0.15, 0.2) is 30.3 Å². The number of benzene rings is 1. The summed E-state index contributed by atoms with van der Waals surface area (Å²) in [6, 6.07) is 8.71. The number of esters is 1. The molecule has 0 aliphatic heterocycles. The van der Waals surface area contributed by atoms with Crippen LogP contribution in [0.2, 0.25) is 0 Å². The molecule has 1 aromatic rings. The summed E-state index contributed by atoms with van der Waals surface area (Å²) >= 11 is 0. The lowest BCUT2D eigenvalue weighted by Crippen LogP contribution is -2.14. The maximum Gasteiger partial charge on any atom is 0.339 e. The molecular weight excluding hydrogens is 224 g/mol. The normalized spacial score (nSPS) is 12.4. The summed E-state index contributed by atoms with van der Waals surface area (Å²) in [5.74, 6) is 0.461. The summed E-state index contributed by atoms with van der Waals surface area (Å²) in [5.41, 5.74) is 0.490. The average molecular weight is 240 g/mol. The molecule has 4 heteroatoms. The minimum atomic E-state index is -1.09. The van der Waals surface area contributed by atoms with E-state index in [1.54, 1.807) is 24.3 Å². The monoisotopic (exact) mass is 240 g/mol. The molecule has 0 heterocycles. The topological polar surface area (TPSA) is 43.4 Å². The lowest BCUT2D eigenvalue weighted by molar-refractivity contribution is 0.0575. The molecule has 0 aliphatic rings. The van der Waals surface area contributed by atoms with Crippen LogP contribution in [0.25, 0.3) is 0 Å². The van der Waals surface area contributed by atoms with Gasteiger partial charge in [0.25, 0.3) is 0 Å². The van der Waals surface area contributed by atoms with Crippen LogP contribution in [0.3, 0.4) is 0 Å². The van der Waals surface area contributed by atoms with E-state index < -0.39 is 16.8 Å². The molecule has 0 fully saturated rings. The Labute approximate surface area is 98.3 Å². The van der Waals surface area contributed by atoms with Crippen molar-refractivity contribution in [2.75, 3.05) is 11.7 Å². The van der Waals surface area contributed by atoms with Crippen LogP contribution < -0.4 is 0 Å². The number of carbonyl (C=O) groups excluding carboxylic acids is 1. The van der Waals surface area contributed by atoms with Crippen LogP contribution in [0.1, 0.15) is 24.2 Å². The van der Waals surface area contributed by atoms with Gasteiger partial charge in [-0.1, -0.05) is 32.0 Å². The zero-order chi connectivity index (χ0) is 12.0. The van der Waals surface area contributed by atoms with Crippen LogP contribution in [-0.2, 0) is 15.5 Å². The Hall–Kier alpha value is -1.16. The first kappa shape index (κ1) is 12.9. The number of ether oxygens (including phenoxy) is 1. The summed E-state index contributed by atoms with van der Waals surface area (Å²) in [6.07, 6.45) is 0. The third kappa shape index (κ3) is 4.57. The van der Waals surface area contributed by atoms with Gasteiger partial charge in [-0.15, -0.1) is 0 Å². The highest BCUT2D eigenvalue weighted by molar-refractivity contribution is 7.84. The summed E-state index contributed by atoms with van der Waals surface area (Å²) in [7, 11) is -1.09. The standard InChI is InChI=1S/C12H16O3S/c1-10(2)8-16(14)9-15-12(13)11-6-4-3-5-7-11/h3-7,10H,8-9H2,1-2H3. The SMILES string of the molecule is CC(C)CS(=O)COC(=O)c1ccccc1. The molecule has 0 N–H and O–H groups in total. The Morgan fingerprint density at radius 1 is 1.31 bits per heavy atom. The third-order valence-corrected chi connectivity index (χ3v) is 3.27. The van der Waals surface area contributed by atoms with Crippen LogP contribution in [0.4, 0.5) is 0 Å². The quantitative estimate of drug-likeness (QED) is 0.741. The second kappa shape index (κ2) is 6.43. The molecule has 0 spiro atoms. The van der Waals surface area contributed by atoms with E-state index in [4.69, 9.17) is 4.74 Å². The molecule has 0 saturated carbocycles. The molecule has 1 aromatic carbocycles. The molecule has 0 aromatic heterocycles. The van der Waals surface area contributed by atoms with Gasteiger partial charge in [0, 0.05) is 5.75 Å². The zero-order valence-electron chi connectivity index (χ0n) is 9.51. The minimum absolute atomic E-state index is 0.0219. The number of hydrogen-bond acceptors (Lipinski definition) is 3. The van der Waals surface area contributed by atoms with Gasteiger partial charge >= 0.3 is 5.97 Å². The summed E-state index contributed by atoms with van der Waals surface area (Å²) < 4.78 is 16.4. The lowest BCUT2D eigenvalue weighted by Gasteiger charge is -2.06. The first-order valence-electron chi connectivity index (χ1n) is 5.16. The molecule has 1 rings (SSSR count).